The van der Waals surface area contributed by atoms with E-state index in [1.807, 2.05) is 49.4 Å². The highest BCUT2D eigenvalue weighted by molar-refractivity contribution is 5.86. The summed E-state index contributed by atoms with van der Waals surface area (Å²) in [7, 11) is 0. The minimum atomic E-state index is -0.834. The number of anilines is 1. The van der Waals surface area contributed by atoms with Gasteiger partial charge in [0.2, 0.25) is 0 Å². The van der Waals surface area contributed by atoms with Crippen molar-refractivity contribution in [1.29, 1.82) is 0 Å². The van der Waals surface area contributed by atoms with Crippen LogP contribution in [0.25, 0.3) is 10.8 Å². The van der Waals surface area contributed by atoms with Gasteiger partial charge in [-0.2, -0.15) is 0 Å². The molecule has 1 aliphatic rings. The fraction of sp³-hybridized carbons (Fsp3) is 0.280. The molecule has 2 N–H and O–H groups in total. The molecule has 0 aliphatic carbocycles. The van der Waals surface area contributed by atoms with Gasteiger partial charge in [0.15, 0.2) is 0 Å². The molecule has 8 nitrogen and oxygen atoms in total. The maximum Gasteiger partial charge on any atom is 0.307 e. The zero-order chi connectivity index (χ0) is 23.8. The van der Waals surface area contributed by atoms with E-state index in [4.69, 9.17) is 15.0 Å². The van der Waals surface area contributed by atoms with E-state index in [2.05, 4.69) is 34.5 Å². The topological polar surface area (TPSA) is 111 Å². The summed E-state index contributed by atoms with van der Waals surface area (Å²) in [5.41, 5.74) is 2.92. The zero-order valence-electron chi connectivity index (χ0n) is 18.4. The van der Waals surface area contributed by atoms with Crippen LogP contribution in [0.15, 0.2) is 72.0 Å². The van der Waals surface area contributed by atoms with Gasteiger partial charge >= 0.3 is 5.97 Å². The monoisotopic (exact) mass is 449 g/mol. The summed E-state index contributed by atoms with van der Waals surface area (Å²) in [6.45, 7) is 3.32. The average Bonchev–Trinajstić information content (AvgIpc) is 3.29. The van der Waals surface area contributed by atoms with Crippen LogP contribution in [0.1, 0.15) is 30.5 Å². The number of nitroso groups, excluding NO2 is 1. The molecule has 2 atom stereocenters. The van der Waals surface area contributed by atoms with Crippen molar-refractivity contribution in [2.24, 2.45) is 5.29 Å². The molecule has 0 unspecified atom stereocenters. The van der Waals surface area contributed by atoms with Crippen molar-refractivity contribution >= 4 is 28.9 Å². The maximum absolute atomic E-state index is 11.8. The zero-order valence-corrected chi connectivity index (χ0v) is 18.4. The first-order valence-electron chi connectivity index (χ1n) is 10.7. The Hall–Kier alpha value is -3.94. The predicted octanol–water partition coefficient (Wildman–Crippen LogP) is 4.49. The van der Waals surface area contributed by atoms with E-state index in [0.717, 1.165) is 40.6 Å². The molecule has 3 aromatic rings. The van der Waals surface area contributed by atoms with Crippen LogP contribution < -0.4 is 4.90 Å². The van der Waals surface area contributed by atoms with Crippen LogP contribution in [0.5, 0.6) is 0 Å². The Labute approximate surface area is 192 Å². The van der Waals surface area contributed by atoms with Gasteiger partial charge in [0, 0.05) is 18.8 Å². The van der Waals surface area contributed by atoms with E-state index in [9.17, 15) is 9.70 Å². The summed E-state index contributed by atoms with van der Waals surface area (Å²) in [6, 6.07) is 21.9. The summed E-state index contributed by atoms with van der Waals surface area (Å²) < 4.78 is 0. The van der Waals surface area contributed by atoms with Gasteiger partial charge in [-0.05, 0) is 47.4 Å². The van der Waals surface area contributed by atoms with E-state index < -0.39 is 5.97 Å². The van der Waals surface area contributed by atoms with Crippen molar-refractivity contribution in [2.75, 3.05) is 18.0 Å². The Morgan fingerprint density at radius 2 is 1.82 bits per heavy atom. The molecule has 4 rings (SSSR count). The SMILES string of the molecule is C[C@H](c1cccc2ccccc12)N(N=O)[C@H]1CCN(c2ccc(CC(=O)O)cc2)C1.O=CO. The van der Waals surface area contributed by atoms with Gasteiger partial charge in [-0.15, -0.1) is 4.91 Å². The number of carbonyl (C=O) groups is 2. The molecule has 1 saturated heterocycles. The van der Waals surface area contributed by atoms with Crippen LogP contribution in [0.3, 0.4) is 0 Å². The lowest BCUT2D eigenvalue weighted by Gasteiger charge is -2.30. The highest BCUT2D eigenvalue weighted by Gasteiger charge is 2.32. The quantitative estimate of drug-likeness (QED) is 0.311. The van der Waals surface area contributed by atoms with Crippen molar-refractivity contribution in [3.05, 3.63) is 82.8 Å². The highest BCUT2D eigenvalue weighted by Crippen LogP contribution is 2.33. The third-order valence-electron chi connectivity index (χ3n) is 5.96. The van der Waals surface area contributed by atoms with E-state index >= 15 is 0 Å². The van der Waals surface area contributed by atoms with Crippen molar-refractivity contribution in [3.8, 4) is 0 Å². The molecule has 8 heteroatoms. The Bertz CT molecular complexity index is 1100. The molecule has 1 aliphatic heterocycles. The van der Waals surface area contributed by atoms with Gasteiger partial charge in [0.25, 0.3) is 6.47 Å². The van der Waals surface area contributed by atoms with E-state index in [1.165, 1.54) is 0 Å². The van der Waals surface area contributed by atoms with E-state index in [0.29, 0.717) is 6.54 Å². The second kappa shape index (κ2) is 11.1. The fourth-order valence-corrected chi connectivity index (χ4v) is 4.40. The van der Waals surface area contributed by atoms with Crippen molar-refractivity contribution in [2.45, 2.75) is 31.8 Å². The first kappa shape index (κ1) is 23.7. The molecule has 0 aromatic heterocycles. The lowest BCUT2D eigenvalue weighted by atomic mass is 9.98. The van der Waals surface area contributed by atoms with Crippen LogP contribution in [0.2, 0.25) is 0 Å². The summed E-state index contributed by atoms with van der Waals surface area (Å²) in [5.74, 6) is -0.834. The van der Waals surface area contributed by atoms with Gasteiger partial charge in [-0.3, -0.25) is 9.59 Å². The summed E-state index contributed by atoms with van der Waals surface area (Å²) in [5, 5.41) is 23.2. The molecule has 0 amide bonds. The van der Waals surface area contributed by atoms with Gasteiger partial charge in [0.1, 0.15) is 0 Å². The Kier molecular flexibility index (Phi) is 7.96. The molecule has 0 saturated carbocycles. The summed E-state index contributed by atoms with van der Waals surface area (Å²) in [6.07, 6.45) is 0.867. The number of hydrogen-bond donors (Lipinski definition) is 2. The number of hydrogen-bond acceptors (Lipinski definition) is 5. The number of carboxylic acids is 1. The molecular weight excluding hydrogens is 422 g/mol. The molecule has 3 aromatic carbocycles. The molecule has 172 valence electrons. The fourth-order valence-electron chi connectivity index (χ4n) is 4.40. The molecule has 1 fully saturated rings. The average molecular weight is 450 g/mol. The number of fused-ring (bicyclic) bond motifs is 1. The highest BCUT2D eigenvalue weighted by atomic mass is 16.4. The first-order valence-corrected chi connectivity index (χ1v) is 10.7. The lowest BCUT2D eigenvalue weighted by molar-refractivity contribution is -0.136. The largest absolute Gasteiger partial charge is 0.483 e. The first-order chi connectivity index (χ1) is 16.0. The van der Waals surface area contributed by atoms with Gasteiger partial charge in [-0.25, -0.2) is 5.01 Å². The molecule has 0 spiro atoms. The van der Waals surface area contributed by atoms with Crippen molar-refractivity contribution < 1.29 is 19.8 Å². The van der Waals surface area contributed by atoms with E-state index in [1.54, 1.807) is 5.01 Å². The third-order valence-corrected chi connectivity index (χ3v) is 5.96. The van der Waals surface area contributed by atoms with Crippen molar-refractivity contribution in [3.63, 3.8) is 0 Å². The Morgan fingerprint density at radius 3 is 2.48 bits per heavy atom. The second-order valence-corrected chi connectivity index (χ2v) is 7.94. The number of carboxylic acid groups (broad SMARTS) is 2. The molecule has 33 heavy (non-hydrogen) atoms. The lowest BCUT2D eigenvalue weighted by Crippen LogP contribution is -2.35. The second-order valence-electron chi connectivity index (χ2n) is 7.94. The van der Waals surface area contributed by atoms with Gasteiger partial charge in [-0.1, -0.05) is 54.6 Å². The Balaban J connectivity index is 0.000000968. The molecule has 0 radical (unpaired) electrons. The number of aliphatic carboxylic acids is 1. The molecule has 0 bridgehead atoms. The maximum atomic E-state index is 11.8. The summed E-state index contributed by atoms with van der Waals surface area (Å²) >= 11 is 0. The minimum Gasteiger partial charge on any atom is -0.483 e. The van der Waals surface area contributed by atoms with Crippen LogP contribution in [0.4, 0.5) is 5.69 Å². The Morgan fingerprint density at radius 1 is 1.15 bits per heavy atom. The number of rotatable bonds is 7. The van der Waals surface area contributed by atoms with Crippen LogP contribution in [-0.2, 0) is 16.0 Å². The molecule has 1 heterocycles. The molecular formula is C25H27N3O5. The normalized spacial score (nSPS) is 15.9. The van der Waals surface area contributed by atoms with Gasteiger partial charge in [0.05, 0.1) is 23.8 Å². The summed E-state index contributed by atoms with van der Waals surface area (Å²) in [4.78, 5) is 33.3. The van der Waals surface area contributed by atoms with Gasteiger partial charge < -0.3 is 15.1 Å². The van der Waals surface area contributed by atoms with Crippen LogP contribution >= 0.6 is 0 Å². The number of benzene rings is 3. The standard InChI is InChI=1S/C24H25N3O3.CH2O2/c1-17(22-8-4-6-19-5-2-3-7-23(19)22)27(25-30)21-13-14-26(16-21)20-11-9-18(10-12-20)15-24(28)29;2-1-3/h2-12,17,21H,13-16H2,1H3,(H,28,29);1H,(H,2,3)/t17-,21+;/m1./s1. The smallest absolute Gasteiger partial charge is 0.307 e. The minimum absolute atomic E-state index is 0.0221. The van der Waals surface area contributed by atoms with Crippen molar-refractivity contribution in [1.82, 2.24) is 5.01 Å². The third kappa shape index (κ3) is 5.65. The van der Waals surface area contributed by atoms with Crippen LogP contribution in [0, 0.1) is 4.91 Å². The van der Waals surface area contributed by atoms with Crippen LogP contribution in [-0.4, -0.2) is 46.8 Å². The van der Waals surface area contributed by atoms with E-state index in [-0.39, 0.29) is 25.0 Å². The number of nitrogens with zero attached hydrogens (tertiary/aromatic N) is 3. The predicted molar refractivity (Wildman–Crippen MR) is 127 cm³/mol.